The predicted molar refractivity (Wildman–Crippen MR) is 143 cm³/mol. The molecule has 0 unspecified atom stereocenters. The smallest absolute Gasteiger partial charge is 0.307 e. The fourth-order valence-corrected chi connectivity index (χ4v) is 5.42. The summed E-state index contributed by atoms with van der Waals surface area (Å²) in [5.74, 6) is -0.575. The molecule has 1 aliphatic carbocycles. The lowest BCUT2D eigenvalue weighted by Gasteiger charge is -2.37. The molecule has 1 fully saturated rings. The number of nitrogens with two attached hydrogens (primary N) is 1. The van der Waals surface area contributed by atoms with Crippen molar-refractivity contribution in [1.29, 1.82) is 0 Å². The molecule has 0 heterocycles. The number of carbonyl (C=O) groups excluding carboxylic acids is 2. The van der Waals surface area contributed by atoms with Crippen molar-refractivity contribution in [3.05, 3.63) is 107 Å². The zero-order valence-electron chi connectivity index (χ0n) is 20.6. The number of benzene rings is 3. The minimum Gasteiger partial charge on any atom is -0.444 e. The van der Waals surface area contributed by atoms with E-state index in [4.69, 9.17) is 22.1 Å². The van der Waals surface area contributed by atoms with Crippen LogP contribution in [0.5, 0.6) is 0 Å². The third-order valence-corrected chi connectivity index (χ3v) is 7.43. The van der Waals surface area contributed by atoms with Crippen LogP contribution >= 0.6 is 11.6 Å². The van der Waals surface area contributed by atoms with Crippen LogP contribution in [0.3, 0.4) is 0 Å². The van der Waals surface area contributed by atoms with E-state index in [0.29, 0.717) is 10.6 Å². The summed E-state index contributed by atoms with van der Waals surface area (Å²) in [7, 11) is 1.78. The van der Waals surface area contributed by atoms with E-state index >= 15 is 0 Å². The van der Waals surface area contributed by atoms with E-state index in [1.165, 1.54) is 0 Å². The topological polar surface area (TPSA) is 72.6 Å². The van der Waals surface area contributed by atoms with Gasteiger partial charge in [-0.25, -0.2) is 0 Å². The fraction of sp³-hybridized carbons (Fsp3) is 0.333. The van der Waals surface area contributed by atoms with E-state index < -0.39 is 11.6 Å². The summed E-state index contributed by atoms with van der Waals surface area (Å²) in [4.78, 5) is 28.1. The Morgan fingerprint density at radius 3 is 2.03 bits per heavy atom. The average molecular weight is 505 g/mol. The molecular weight excluding hydrogens is 472 g/mol. The second-order valence-electron chi connectivity index (χ2n) is 9.39. The number of amides is 1. The summed E-state index contributed by atoms with van der Waals surface area (Å²) in [6, 6.07) is 26.5. The maximum absolute atomic E-state index is 13.4. The summed E-state index contributed by atoms with van der Waals surface area (Å²) in [5, 5.41) is 0.486. The predicted octanol–water partition coefficient (Wildman–Crippen LogP) is 5.68. The van der Waals surface area contributed by atoms with Gasteiger partial charge in [0, 0.05) is 47.3 Å². The first-order chi connectivity index (χ1) is 17.4. The monoisotopic (exact) mass is 504 g/mol. The molecule has 2 N–H and O–H groups in total. The van der Waals surface area contributed by atoms with Crippen LogP contribution < -0.4 is 5.73 Å². The third-order valence-electron chi connectivity index (χ3n) is 7.10. The average Bonchev–Trinajstić information content (AvgIpc) is 2.91. The van der Waals surface area contributed by atoms with E-state index in [9.17, 15) is 9.59 Å². The molecule has 0 radical (unpaired) electrons. The van der Waals surface area contributed by atoms with Gasteiger partial charge in [0.05, 0.1) is 6.42 Å². The number of likely N-dealkylation sites (N-methyl/N-ethyl adjacent to an activating group) is 1. The Kier molecular flexibility index (Phi) is 8.44. The molecule has 3 aromatic carbocycles. The van der Waals surface area contributed by atoms with E-state index in [2.05, 4.69) is 0 Å². The first-order valence-electron chi connectivity index (χ1n) is 12.5. The molecular formula is C30H33ClN2O3. The quantitative estimate of drug-likeness (QED) is 0.316. The zero-order chi connectivity index (χ0) is 25.5. The van der Waals surface area contributed by atoms with Crippen LogP contribution in [0.25, 0.3) is 0 Å². The Hall–Kier alpha value is -3.15. The normalized spacial score (nSPS) is 17.9. The highest BCUT2D eigenvalue weighted by molar-refractivity contribution is 6.31. The highest BCUT2D eigenvalue weighted by Crippen LogP contribution is 2.43. The Morgan fingerprint density at radius 1 is 0.889 bits per heavy atom. The van der Waals surface area contributed by atoms with Gasteiger partial charge >= 0.3 is 5.97 Å². The Morgan fingerprint density at radius 2 is 1.44 bits per heavy atom. The summed E-state index contributed by atoms with van der Waals surface area (Å²) in [5.41, 5.74) is 7.21. The highest BCUT2D eigenvalue weighted by Gasteiger charge is 2.42. The van der Waals surface area contributed by atoms with Gasteiger partial charge < -0.3 is 15.4 Å². The van der Waals surface area contributed by atoms with Crippen molar-refractivity contribution in [3.8, 4) is 0 Å². The molecule has 2 atom stereocenters. The van der Waals surface area contributed by atoms with Crippen molar-refractivity contribution >= 4 is 23.5 Å². The lowest BCUT2D eigenvalue weighted by Crippen LogP contribution is -2.50. The van der Waals surface area contributed by atoms with E-state index in [1.807, 2.05) is 78.9 Å². The molecule has 0 aromatic heterocycles. The Labute approximate surface area is 218 Å². The standard InChI is InChI=1S/C30H33ClN2O3/c1-33(27-19-11-10-18-26(27)32)28(34)20-21-29(35)36-30(22-12-4-2-5-13-22,23-14-6-3-7-15-23)24-16-8-9-17-25(24)31/h2-9,12-17,26-27H,10-11,18-21,32H2,1H3/t26-,27-/m0/s1. The zero-order valence-corrected chi connectivity index (χ0v) is 21.4. The molecule has 3 aromatic rings. The van der Waals surface area contributed by atoms with Gasteiger partial charge in [0.1, 0.15) is 0 Å². The molecule has 0 aliphatic heterocycles. The van der Waals surface area contributed by atoms with Crippen molar-refractivity contribution in [1.82, 2.24) is 4.90 Å². The molecule has 188 valence electrons. The van der Waals surface area contributed by atoms with Crippen LogP contribution in [0, 0.1) is 0 Å². The fourth-order valence-electron chi connectivity index (χ4n) is 5.16. The minimum absolute atomic E-state index is 0.0122. The van der Waals surface area contributed by atoms with Crippen LogP contribution in [0.15, 0.2) is 84.9 Å². The summed E-state index contributed by atoms with van der Waals surface area (Å²) < 4.78 is 6.36. The molecule has 0 spiro atoms. The van der Waals surface area contributed by atoms with E-state index in [0.717, 1.165) is 36.8 Å². The van der Waals surface area contributed by atoms with Crippen LogP contribution in [-0.2, 0) is 19.9 Å². The van der Waals surface area contributed by atoms with Crippen LogP contribution in [-0.4, -0.2) is 35.9 Å². The number of carbonyl (C=O) groups is 2. The molecule has 4 rings (SSSR count). The van der Waals surface area contributed by atoms with Gasteiger partial charge in [0.15, 0.2) is 5.60 Å². The molecule has 0 saturated heterocycles. The van der Waals surface area contributed by atoms with Gasteiger partial charge in [-0.05, 0) is 18.9 Å². The maximum atomic E-state index is 13.4. The van der Waals surface area contributed by atoms with Gasteiger partial charge in [0.2, 0.25) is 5.91 Å². The number of hydrogen-bond donors (Lipinski definition) is 1. The van der Waals surface area contributed by atoms with Gasteiger partial charge in [-0.2, -0.15) is 0 Å². The van der Waals surface area contributed by atoms with Crippen LogP contribution in [0.2, 0.25) is 5.02 Å². The Bertz CT molecular complexity index is 1130. The van der Waals surface area contributed by atoms with Gasteiger partial charge in [-0.15, -0.1) is 0 Å². The highest BCUT2D eigenvalue weighted by atomic mass is 35.5. The van der Waals surface area contributed by atoms with Gasteiger partial charge in [-0.3, -0.25) is 9.59 Å². The van der Waals surface area contributed by atoms with Crippen molar-refractivity contribution in [3.63, 3.8) is 0 Å². The number of esters is 1. The maximum Gasteiger partial charge on any atom is 0.307 e. The summed E-state index contributed by atoms with van der Waals surface area (Å²) in [6.45, 7) is 0. The molecule has 6 heteroatoms. The molecule has 1 saturated carbocycles. The number of nitrogens with zero attached hydrogens (tertiary/aromatic N) is 1. The van der Waals surface area contributed by atoms with E-state index in [-0.39, 0.29) is 30.8 Å². The van der Waals surface area contributed by atoms with Crippen LogP contribution in [0.1, 0.15) is 55.2 Å². The van der Waals surface area contributed by atoms with Gasteiger partial charge in [-0.1, -0.05) is 103 Å². The minimum atomic E-state index is -1.27. The van der Waals surface area contributed by atoms with Crippen molar-refractivity contribution in [2.75, 3.05) is 7.05 Å². The van der Waals surface area contributed by atoms with Crippen molar-refractivity contribution in [2.24, 2.45) is 5.73 Å². The molecule has 36 heavy (non-hydrogen) atoms. The summed E-state index contributed by atoms with van der Waals surface area (Å²) >= 11 is 6.70. The van der Waals surface area contributed by atoms with Crippen molar-refractivity contribution in [2.45, 2.75) is 56.2 Å². The first kappa shape index (κ1) is 25.9. The molecule has 0 bridgehead atoms. The van der Waals surface area contributed by atoms with Crippen molar-refractivity contribution < 1.29 is 14.3 Å². The number of halogens is 1. The largest absolute Gasteiger partial charge is 0.444 e. The summed E-state index contributed by atoms with van der Waals surface area (Å²) in [6.07, 6.45) is 3.98. The molecule has 1 aliphatic rings. The lowest BCUT2D eigenvalue weighted by molar-refractivity contribution is -0.155. The first-order valence-corrected chi connectivity index (χ1v) is 12.9. The third kappa shape index (κ3) is 5.48. The molecule has 1 amide bonds. The van der Waals surface area contributed by atoms with Crippen LogP contribution in [0.4, 0.5) is 0 Å². The Balaban J connectivity index is 1.63. The van der Waals surface area contributed by atoms with E-state index in [1.54, 1.807) is 18.0 Å². The number of rotatable bonds is 8. The second kappa shape index (κ2) is 11.7. The SMILES string of the molecule is CN(C(=O)CCC(=O)OC(c1ccccc1)(c1ccccc1)c1ccccc1Cl)[C@H]1CCCC[C@@H]1N. The second-order valence-corrected chi connectivity index (χ2v) is 9.79. The number of ether oxygens (including phenoxy) is 1. The molecule has 5 nitrogen and oxygen atoms in total. The lowest BCUT2D eigenvalue weighted by atomic mass is 9.80. The van der Waals surface area contributed by atoms with Gasteiger partial charge in [0.25, 0.3) is 0 Å². The number of hydrogen-bond acceptors (Lipinski definition) is 4.